The molecule has 0 unspecified atom stereocenters. The van der Waals surface area contributed by atoms with Gasteiger partial charge in [-0.15, -0.1) is 0 Å². The van der Waals surface area contributed by atoms with Crippen LogP contribution in [-0.2, 0) is 17.4 Å². The van der Waals surface area contributed by atoms with Crippen molar-refractivity contribution in [1.29, 1.82) is 0 Å². The monoisotopic (exact) mass is 366 g/mol. The van der Waals surface area contributed by atoms with Gasteiger partial charge >= 0.3 is 6.18 Å². The molecule has 0 saturated heterocycles. The zero-order chi connectivity index (χ0) is 16.5. The van der Waals surface area contributed by atoms with Gasteiger partial charge in [-0.1, -0.05) is 29.3 Å². The Morgan fingerprint density at radius 3 is 2.09 bits per heavy atom. The first-order valence-corrected chi connectivity index (χ1v) is 7.15. The predicted octanol–water partition coefficient (Wildman–Crippen LogP) is 5.99. The van der Waals surface area contributed by atoms with E-state index < -0.39 is 17.0 Å². The van der Waals surface area contributed by atoms with Crippen LogP contribution < -0.4 is 0 Å². The van der Waals surface area contributed by atoms with Crippen LogP contribution in [0.2, 0.25) is 10.0 Å². The first kappa shape index (κ1) is 17.1. The number of halogens is 6. The van der Waals surface area contributed by atoms with Crippen molar-refractivity contribution in [3.8, 4) is 11.1 Å². The van der Waals surface area contributed by atoms with Crippen molar-refractivity contribution in [2.24, 2.45) is 0 Å². The van der Waals surface area contributed by atoms with E-state index in [4.69, 9.17) is 34.8 Å². The SMILES string of the molecule is O=C(Cl)Cc1ccc(C(F)(F)F)cc1-c1cc(Cl)cc(Cl)c1. The summed E-state index contributed by atoms with van der Waals surface area (Å²) < 4.78 is 38.7. The normalized spacial score (nSPS) is 11.5. The van der Waals surface area contributed by atoms with Crippen molar-refractivity contribution in [2.45, 2.75) is 12.6 Å². The number of alkyl halides is 3. The average molecular weight is 368 g/mol. The smallest absolute Gasteiger partial charge is 0.281 e. The van der Waals surface area contributed by atoms with Gasteiger partial charge in [0.2, 0.25) is 5.24 Å². The summed E-state index contributed by atoms with van der Waals surface area (Å²) in [7, 11) is 0. The van der Waals surface area contributed by atoms with Gasteiger partial charge in [-0.05, 0) is 58.6 Å². The summed E-state index contributed by atoms with van der Waals surface area (Å²) in [5.41, 5.74) is 0.139. The lowest BCUT2D eigenvalue weighted by Gasteiger charge is -2.13. The summed E-state index contributed by atoms with van der Waals surface area (Å²) in [5, 5.41) is -0.111. The van der Waals surface area contributed by atoms with E-state index >= 15 is 0 Å². The maximum Gasteiger partial charge on any atom is 0.416 e. The van der Waals surface area contributed by atoms with Gasteiger partial charge in [0.05, 0.1) is 5.56 Å². The van der Waals surface area contributed by atoms with Crippen LogP contribution in [0.1, 0.15) is 11.1 Å². The fraction of sp³-hybridized carbons (Fsp3) is 0.133. The van der Waals surface area contributed by atoms with Crippen molar-refractivity contribution in [1.82, 2.24) is 0 Å². The highest BCUT2D eigenvalue weighted by atomic mass is 35.5. The van der Waals surface area contributed by atoms with Crippen molar-refractivity contribution in [3.05, 3.63) is 57.6 Å². The highest BCUT2D eigenvalue weighted by Crippen LogP contribution is 2.36. The van der Waals surface area contributed by atoms with E-state index in [1.165, 1.54) is 24.3 Å². The van der Waals surface area contributed by atoms with E-state index in [-0.39, 0.29) is 22.0 Å². The van der Waals surface area contributed by atoms with E-state index in [2.05, 4.69) is 0 Å². The number of benzene rings is 2. The topological polar surface area (TPSA) is 17.1 Å². The molecule has 0 radical (unpaired) electrons. The molecule has 2 aromatic carbocycles. The molecular weight excluding hydrogens is 360 g/mol. The minimum absolute atomic E-state index is 0.195. The van der Waals surface area contributed by atoms with Crippen LogP contribution in [0, 0.1) is 0 Å². The second-order valence-electron chi connectivity index (χ2n) is 4.56. The largest absolute Gasteiger partial charge is 0.416 e. The Kier molecular flexibility index (Phi) is 5.05. The van der Waals surface area contributed by atoms with Crippen LogP contribution in [0.3, 0.4) is 0 Å². The number of hydrogen-bond acceptors (Lipinski definition) is 1. The molecule has 1 nitrogen and oxygen atoms in total. The average Bonchev–Trinajstić information content (AvgIpc) is 2.35. The summed E-state index contributed by atoms with van der Waals surface area (Å²) in [4.78, 5) is 11.1. The van der Waals surface area contributed by atoms with Gasteiger partial charge in [-0.3, -0.25) is 4.79 Å². The number of rotatable bonds is 3. The molecule has 0 aromatic heterocycles. The molecule has 0 N–H and O–H groups in total. The van der Waals surface area contributed by atoms with E-state index in [0.29, 0.717) is 11.1 Å². The second kappa shape index (κ2) is 6.49. The Hall–Kier alpha value is -1.23. The highest BCUT2D eigenvalue weighted by molar-refractivity contribution is 6.63. The molecule has 116 valence electrons. The van der Waals surface area contributed by atoms with Gasteiger partial charge in [-0.2, -0.15) is 13.2 Å². The Balaban J connectivity index is 2.65. The summed E-state index contributed by atoms with van der Waals surface area (Å²) in [6.45, 7) is 0. The predicted molar refractivity (Wildman–Crippen MR) is 81.5 cm³/mol. The lowest BCUT2D eigenvalue weighted by atomic mass is 9.95. The van der Waals surface area contributed by atoms with E-state index in [9.17, 15) is 18.0 Å². The minimum atomic E-state index is -4.50. The molecule has 0 aliphatic heterocycles. The standard InChI is InChI=1S/C15H8Cl3F3O/c16-11-3-9(4-12(17)7-11)13-6-10(15(19,20)21)2-1-8(13)5-14(18)22/h1-4,6-7H,5H2. The van der Waals surface area contributed by atoms with Crippen LogP contribution in [0.4, 0.5) is 13.2 Å². The van der Waals surface area contributed by atoms with Crippen LogP contribution in [0.25, 0.3) is 11.1 Å². The van der Waals surface area contributed by atoms with Gasteiger partial charge in [0.1, 0.15) is 0 Å². The molecular formula is C15H8Cl3F3O. The lowest BCUT2D eigenvalue weighted by molar-refractivity contribution is -0.137. The van der Waals surface area contributed by atoms with Crippen molar-refractivity contribution >= 4 is 40.0 Å². The maximum atomic E-state index is 12.9. The fourth-order valence-electron chi connectivity index (χ4n) is 2.03. The Morgan fingerprint density at radius 1 is 1.00 bits per heavy atom. The van der Waals surface area contributed by atoms with E-state index in [0.717, 1.165) is 12.1 Å². The molecule has 7 heteroatoms. The zero-order valence-corrected chi connectivity index (χ0v) is 13.1. The van der Waals surface area contributed by atoms with Gasteiger partial charge < -0.3 is 0 Å². The van der Waals surface area contributed by atoms with Crippen molar-refractivity contribution in [3.63, 3.8) is 0 Å². The summed E-state index contributed by atoms with van der Waals surface area (Å²) >= 11 is 17.1. The fourth-order valence-corrected chi connectivity index (χ4v) is 2.70. The molecule has 0 aliphatic rings. The second-order valence-corrected chi connectivity index (χ2v) is 5.85. The lowest BCUT2D eigenvalue weighted by Crippen LogP contribution is -2.06. The summed E-state index contributed by atoms with van der Waals surface area (Å²) in [5.74, 6) is 0. The Morgan fingerprint density at radius 2 is 1.59 bits per heavy atom. The minimum Gasteiger partial charge on any atom is -0.281 e. The van der Waals surface area contributed by atoms with Crippen molar-refractivity contribution in [2.75, 3.05) is 0 Å². The van der Waals surface area contributed by atoms with Gasteiger partial charge in [-0.25, -0.2) is 0 Å². The molecule has 2 rings (SSSR count). The van der Waals surface area contributed by atoms with Gasteiger partial charge in [0, 0.05) is 16.5 Å². The molecule has 0 heterocycles. The first-order valence-electron chi connectivity index (χ1n) is 6.02. The quantitative estimate of drug-likeness (QED) is 0.609. The van der Waals surface area contributed by atoms with Gasteiger partial charge in [0.15, 0.2) is 0 Å². The Bertz CT molecular complexity index is 706. The third kappa shape index (κ3) is 4.15. The van der Waals surface area contributed by atoms with Crippen LogP contribution in [0.5, 0.6) is 0 Å². The van der Waals surface area contributed by atoms with Crippen LogP contribution in [0.15, 0.2) is 36.4 Å². The number of carbonyl (C=O) groups excluding carboxylic acids is 1. The molecule has 0 spiro atoms. The van der Waals surface area contributed by atoms with E-state index in [1.54, 1.807) is 0 Å². The summed E-state index contributed by atoms with van der Waals surface area (Å²) in [6.07, 6.45) is -4.69. The molecule has 0 saturated carbocycles. The Labute approximate surface area is 139 Å². The van der Waals surface area contributed by atoms with Gasteiger partial charge in [0.25, 0.3) is 0 Å². The molecule has 22 heavy (non-hydrogen) atoms. The van der Waals surface area contributed by atoms with Crippen molar-refractivity contribution < 1.29 is 18.0 Å². The number of carbonyl (C=O) groups is 1. The van der Waals surface area contributed by atoms with E-state index in [1.807, 2.05) is 0 Å². The molecule has 0 atom stereocenters. The first-order chi connectivity index (χ1) is 10.2. The molecule has 0 bridgehead atoms. The molecule has 0 amide bonds. The number of hydrogen-bond donors (Lipinski definition) is 0. The molecule has 2 aromatic rings. The third-order valence-electron chi connectivity index (χ3n) is 2.94. The zero-order valence-electron chi connectivity index (χ0n) is 10.8. The molecule has 0 aliphatic carbocycles. The highest BCUT2D eigenvalue weighted by Gasteiger charge is 2.31. The summed E-state index contributed by atoms with van der Waals surface area (Å²) in [6, 6.07) is 7.51. The maximum absolute atomic E-state index is 12.9. The van der Waals surface area contributed by atoms with Crippen LogP contribution >= 0.6 is 34.8 Å². The van der Waals surface area contributed by atoms with Crippen LogP contribution in [-0.4, -0.2) is 5.24 Å². The molecule has 0 fully saturated rings. The third-order valence-corrected chi connectivity index (χ3v) is 3.51.